The molecule has 0 bridgehead atoms. The number of fused-ring (bicyclic) bond motifs is 1. The van der Waals surface area contributed by atoms with E-state index in [-0.39, 0.29) is 23.3 Å². The number of nitrogens with zero attached hydrogens (tertiary/aromatic N) is 4. The lowest BCUT2D eigenvalue weighted by atomic mass is 9.83. The predicted octanol–water partition coefficient (Wildman–Crippen LogP) is 8.23. The van der Waals surface area contributed by atoms with Crippen LogP contribution in [0.15, 0.2) is 47.9 Å². The number of amides is 2. The van der Waals surface area contributed by atoms with E-state index in [2.05, 4.69) is 82.2 Å². The first kappa shape index (κ1) is 33.5. The largest absolute Gasteiger partial charge is 0.444 e. The van der Waals surface area contributed by atoms with Gasteiger partial charge in [0.15, 0.2) is 5.01 Å². The van der Waals surface area contributed by atoms with Gasteiger partial charge in [0.05, 0.1) is 11.4 Å². The molecule has 1 aliphatic heterocycles. The van der Waals surface area contributed by atoms with Gasteiger partial charge in [0, 0.05) is 41.8 Å². The number of aromatic nitrogens is 3. The number of rotatable bonds is 5. The van der Waals surface area contributed by atoms with E-state index in [1.807, 2.05) is 20.8 Å². The van der Waals surface area contributed by atoms with Crippen LogP contribution in [0.5, 0.6) is 0 Å². The molecule has 2 unspecified atom stereocenters. The summed E-state index contributed by atoms with van der Waals surface area (Å²) in [6.45, 7) is 20.3. The standard InChI is InChI=1S/C37H47N5O3S/c1-22-16-28(25-12-14-42(15-13-25)35(44)45-37(7,8)9)18-29-31(24(22)3)32(41-21-40-29)26-10-11-27(23(2)17-26)19-38-33(43)34-39-20-30(46-34)36(4,5)6/h10-12,17-18,20-22,24H,13-16,19H2,1-9H3,(H,38,43). The van der Waals surface area contributed by atoms with E-state index < -0.39 is 5.60 Å². The molecule has 0 saturated heterocycles. The summed E-state index contributed by atoms with van der Waals surface area (Å²) < 4.78 is 5.59. The molecule has 0 saturated carbocycles. The second kappa shape index (κ2) is 13.1. The Morgan fingerprint density at radius 3 is 2.46 bits per heavy atom. The molecule has 0 radical (unpaired) electrons. The molecule has 2 aliphatic rings. The van der Waals surface area contributed by atoms with Crippen molar-refractivity contribution in [1.29, 1.82) is 0 Å². The molecule has 2 amide bonds. The van der Waals surface area contributed by atoms with Crippen molar-refractivity contribution in [3.63, 3.8) is 0 Å². The second-order valence-electron chi connectivity index (χ2n) is 14.7. The van der Waals surface area contributed by atoms with Crippen molar-refractivity contribution in [3.05, 3.63) is 80.2 Å². The van der Waals surface area contributed by atoms with Gasteiger partial charge in [-0.25, -0.2) is 19.7 Å². The molecule has 9 heteroatoms. The molecular formula is C37H47N5O3S. The summed E-state index contributed by atoms with van der Waals surface area (Å²) >= 11 is 1.45. The Bertz CT molecular complexity index is 1690. The maximum Gasteiger partial charge on any atom is 0.410 e. The quantitative estimate of drug-likeness (QED) is 0.302. The molecular weight excluding hydrogens is 595 g/mol. The maximum atomic E-state index is 12.8. The third kappa shape index (κ3) is 7.57. The van der Waals surface area contributed by atoms with E-state index in [4.69, 9.17) is 14.7 Å². The maximum absolute atomic E-state index is 12.8. The van der Waals surface area contributed by atoms with E-state index >= 15 is 0 Å². The number of ether oxygens (including phenoxy) is 1. The molecule has 1 aliphatic carbocycles. The highest BCUT2D eigenvalue weighted by Crippen LogP contribution is 2.42. The molecule has 244 valence electrons. The number of allylic oxidation sites excluding steroid dienone is 1. The van der Waals surface area contributed by atoms with Gasteiger partial charge in [-0.05, 0) is 92.2 Å². The summed E-state index contributed by atoms with van der Waals surface area (Å²) in [4.78, 5) is 42.2. The summed E-state index contributed by atoms with van der Waals surface area (Å²) in [6.07, 6.45) is 9.32. The lowest BCUT2D eigenvalue weighted by Gasteiger charge is -2.30. The first-order valence-corrected chi connectivity index (χ1v) is 17.0. The third-order valence-electron chi connectivity index (χ3n) is 8.84. The molecule has 1 N–H and O–H groups in total. The van der Waals surface area contributed by atoms with Gasteiger partial charge in [-0.15, -0.1) is 11.3 Å². The average molecular weight is 642 g/mol. The first-order valence-electron chi connectivity index (χ1n) is 16.2. The Balaban J connectivity index is 1.35. The molecule has 1 aromatic carbocycles. The molecule has 46 heavy (non-hydrogen) atoms. The number of benzene rings is 1. The van der Waals surface area contributed by atoms with Crippen LogP contribution in [0.2, 0.25) is 0 Å². The van der Waals surface area contributed by atoms with Crippen LogP contribution in [-0.2, 0) is 16.7 Å². The van der Waals surface area contributed by atoms with Crippen molar-refractivity contribution in [2.75, 3.05) is 13.1 Å². The van der Waals surface area contributed by atoms with Crippen LogP contribution in [0.25, 0.3) is 17.3 Å². The van der Waals surface area contributed by atoms with Crippen molar-refractivity contribution < 1.29 is 14.3 Å². The van der Waals surface area contributed by atoms with Crippen LogP contribution in [0.3, 0.4) is 0 Å². The molecule has 5 rings (SSSR count). The zero-order valence-corrected chi connectivity index (χ0v) is 29.5. The summed E-state index contributed by atoms with van der Waals surface area (Å²) in [5.74, 6) is 0.473. The average Bonchev–Trinajstić information content (AvgIpc) is 3.46. The highest BCUT2D eigenvalue weighted by molar-refractivity contribution is 7.13. The van der Waals surface area contributed by atoms with Crippen LogP contribution in [-0.4, -0.2) is 50.5 Å². The van der Waals surface area contributed by atoms with Crippen LogP contribution < -0.4 is 5.32 Å². The van der Waals surface area contributed by atoms with E-state index in [1.54, 1.807) is 17.4 Å². The highest BCUT2D eigenvalue weighted by Gasteiger charge is 2.30. The van der Waals surface area contributed by atoms with Gasteiger partial charge in [0.25, 0.3) is 5.91 Å². The van der Waals surface area contributed by atoms with Crippen LogP contribution in [0.4, 0.5) is 4.79 Å². The minimum atomic E-state index is -0.509. The fourth-order valence-electron chi connectivity index (χ4n) is 5.93. The van der Waals surface area contributed by atoms with Gasteiger partial charge in [0.2, 0.25) is 0 Å². The number of hydrogen-bond acceptors (Lipinski definition) is 7. The Hall–Kier alpha value is -3.85. The van der Waals surface area contributed by atoms with Gasteiger partial charge in [-0.2, -0.15) is 0 Å². The SMILES string of the molecule is Cc1cc(-c2ncnc3c2C(C)C(C)CC(C2=CCN(C(=O)OC(C)(C)C)CC2)=C3)ccc1CNC(=O)c1ncc(C(C)(C)C)s1. The minimum absolute atomic E-state index is 0.0349. The normalized spacial score (nSPS) is 18.7. The zero-order chi connectivity index (χ0) is 33.4. The summed E-state index contributed by atoms with van der Waals surface area (Å²) in [5.41, 5.74) is 8.27. The lowest BCUT2D eigenvalue weighted by Crippen LogP contribution is -2.39. The van der Waals surface area contributed by atoms with Gasteiger partial charge in [-0.1, -0.05) is 52.8 Å². The molecule has 2 aromatic heterocycles. The van der Waals surface area contributed by atoms with Gasteiger partial charge >= 0.3 is 6.09 Å². The van der Waals surface area contributed by atoms with E-state index in [1.165, 1.54) is 22.5 Å². The van der Waals surface area contributed by atoms with Crippen LogP contribution in [0, 0.1) is 12.8 Å². The van der Waals surface area contributed by atoms with Crippen LogP contribution in [0.1, 0.15) is 111 Å². The smallest absolute Gasteiger partial charge is 0.410 e. The number of carbonyl (C=O) groups excluding carboxylic acids is 2. The van der Waals surface area contributed by atoms with E-state index in [0.29, 0.717) is 30.6 Å². The van der Waals surface area contributed by atoms with Crippen molar-refractivity contribution in [1.82, 2.24) is 25.2 Å². The first-order chi connectivity index (χ1) is 21.6. The van der Waals surface area contributed by atoms with Crippen molar-refractivity contribution in [2.45, 2.75) is 98.6 Å². The summed E-state index contributed by atoms with van der Waals surface area (Å²) in [7, 11) is 0. The van der Waals surface area contributed by atoms with E-state index in [9.17, 15) is 9.59 Å². The number of hydrogen-bond donors (Lipinski definition) is 1. The summed E-state index contributed by atoms with van der Waals surface area (Å²) in [6, 6.07) is 6.34. The molecule has 2 atom stereocenters. The van der Waals surface area contributed by atoms with E-state index in [0.717, 1.165) is 51.4 Å². The second-order valence-corrected chi connectivity index (χ2v) is 15.7. The molecule has 3 aromatic rings. The fourth-order valence-corrected chi connectivity index (χ4v) is 6.82. The van der Waals surface area contributed by atoms with Gasteiger partial charge in [0.1, 0.15) is 11.9 Å². The number of thiazole rings is 1. The Kier molecular flexibility index (Phi) is 9.55. The monoisotopic (exact) mass is 641 g/mol. The van der Waals surface area contributed by atoms with Crippen LogP contribution >= 0.6 is 11.3 Å². The number of nitrogens with one attached hydrogen (secondary N) is 1. The van der Waals surface area contributed by atoms with Crippen molar-refractivity contribution >= 4 is 29.4 Å². The summed E-state index contributed by atoms with van der Waals surface area (Å²) in [5, 5.41) is 3.54. The highest BCUT2D eigenvalue weighted by atomic mass is 32.1. The molecule has 0 spiro atoms. The molecule has 3 heterocycles. The van der Waals surface area contributed by atoms with Gasteiger partial charge in [-0.3, -0.25) is 4.79 Å². The van der Waals surface area contributed by atoms with Crippen molar-refractivity contribution in [2.24, 2.45) is 5.92 Å². The Morgan fingerprint density at radius 2 is 1.83 bits per heavy atom. The number of carbonyl (C=O) groups is 2. The fraction of sp³-hybridized carbons (Fsp3) is 0.486. The molecule has 8 nitrogen and oxygen atoms in total. The predicted molar refractivity (Wildman–Crippen MR) is 185 cm³/mol. The lowest BCUT2D eigenvalue weighted by molar-refractivity contribution is 0.0266. The zero-order valence-electron chi connectivity index (χ0n) is 28.7. The minimum Gasteiger partial charge on any atom is -0.444 e. The molecule has 0 fully saturated rings. The topological polar surface area (TPSA) is 97.3 Å². The third-order valence-corrected chi connectivity index (χ3v) is 10.3. The van der Waals surface area contributed by atoms with Crippen molar-refractivity contribution in [3.8, 4) is 11.3 Å². The Morgan fingerprint density at radius 1 is 1.07 bits per heavy atom. The Labute approximate surface area is 277 Å². The van der Waals surface area contributed by atoms with Gasteiger partial charge < -0.3 is 15.0 Å². The number of aryl methyl sites for hydroxylation is 1.